The molecule has 0 radical (unpaired) electrons. The van der Waals surface area contributed by atoms with Gasteiger partial charge in [0.2, 0.25) is 5.91 Å². The number of aryl methyl sites for hydroxylation is 1. The molecule has 1 heterocycles. The minimum Gasteiger partial charge on any atom is -0.484 e. The SMILES string of the molecule is Cc1c(NC(=O)COc2cccc(NC(=O)C3CC3)c2)sc2c1CCCC2. The monoisotopic (exact) mass is 384 g/mol. The maximum atomic E-state index is 12.3. The lowest BCUT2D eigenvalue weighted by Crippen LogP contribution is -2.20. The van der Waals surface area contributed by atoms with Crippen molar-refractivity contribution >= 4 is 33.8 Å². The van der Waals surface area contributed by atoms with Gasteiger partial charge in [0, 0.05) is 22.5 Å². The Balaban J connectivity index is 1.33. The van der Waals surface area contributed by atoms with Crippen LogP contribution in [0.1, 0.15) is 41.7 Å². The van der Waals surface area contributed by atoms with Crippen molar-refractivity contribution in [2.45, 2.75) is 45.4 Å². The van der Waals surface area contributed by atoms with Crippen LogP contribution in [0.15, 0.2) is 24.3 Å². The standard InChI is InChI=1S/C21H24N2O3S/c1-13-17-7-2-3-8-18(17)27-21(13)23-19(24)12-26-16-6-4-5-15(11-16)22-20(25)14-9-10-14/h4-6,11,14H,2-3,7-10,12H2,1H3,(H,22,25)(H,23,24). The fourth-order valence-corrected chi connectivity index (χ4v) is 4.72. The van der Waals surface area contributed by atoms with Crippen molar-refractivity contribution in [2.75, 3.05) is 17.2 Å². The van der Waals surface area contributed by atoms with E-state index in [4.69, 9.17) is 4.74 Å². The molecule has 27 heavy (non-hydrogen) atoms. The third kappa shape index (κ3) is 4.33. The van der Waals surface area contributed by atoms with Crippen LogP contribution in [-0.2, 0) is 22.4 Å². The van der Waals surface area contributed by atoms with Crippen molar-refractivity contribution in [3.63, 3.8) is 0 Å². The smallest absolute Gasteiger partial charge is 0.262 e. The molecule has 5 nitrogen and oxygen atoms in total. The van der Waals surface area contributed by atoms with Crippen LogP contribution in [0.25, 0.3) is 0 Å². The van der Waals surface area contributed by atoms with Gasteiger partial charge in [0.1, 0.15) is 5.75 Å². The molecular formula is C21H24N2O3S. The number of hydrogen-bond donors (Lipinski definition) is 2. The second kappa shape index (κ2) is 7.72. The first-order chi connectivity index (χ1) is 13.1. The molecule has 0 atom stereocenters. The summed E-state index contributed by atoms with van der Waals surface area (Å²) in [6, 6.07) is 7.18. The Morgan fingerprint density at radius 1 is 1.19 bits per heavy atom. The lowest BCUT2D eigenvalue weighted by Gasteiger charge is -2.11. The van der Waals surface area contributed by atoms with Crippen LogP contribution < -0.4 is 15.4 Å². The van der Waals surface area contributed by atoms with Gasteiger partial charge in [-0.05, 0) is 68.7 Å². The zero-order chi connectivity index (χ0) is 18.8. The van der Waals surface area contributed by atoms with Gasteiger partial charge in [-0.25, -0.2) is 0 Å². The topological polar surface area (TPSA) is 67.4 Å². The number of hydrogen-bond acceptors (Lipinski definition) is 4. The second-order valence-electron chi connectivity index (χ2n) is 7.29. The zero-order valence-electron chi connectivity index (χ0n) is 15.5. The molecule has 0 unspecified atom stereocenters. The summed E-state index contributed by atoms with van der Waals surface area (Å²) in [7, 11) is 0. The molecule has 1 saturated carbocycles. The number of amides is 2. The molecule has 6 heteroatoms. The van der Waals surface area contributed by atoms with Gasteiger partial charge < -0.3 is 15.4 Å². The molecule has 0 bridgehead atoms. The molecule has 2 aromatic rings. The van der Waals surface area contributed by atoms with E-state index in [-0.39, 0.29) is 24.3 Å². The average Bonchev–Trinajstić information content (AvgIpc) is 3.47. The van der Waals surface area contributed by atoms with Crippen LogP contribution in [-0.4, -0.2) is 18.4 Å². The van der Waals surface area contributed by atoms with Crippen LogP contribution in [0.3, 0.4) is 0 Å². The number of anilines is 2. The Bertz CT molecular complexity index is 870. The minimum atomic E-state index is -0.163. The number of fused-ring (bicyclic) bond motifs is 1. The Labute approximate surface area is 163 Å². The van der Waals surface area contributed by atoms with Gasteiger partial charge in [0.05, 0.1) is 5.00 Å². The lowest BCUT2D eigenvalue weighted by molar-refractivity contribution is -0.118. The van der Waals surface area contributed by atoms with E-state index in [0.717, 1.165) is 30.7 Å². The molecule has 2 N–H and O–H groups in total. The molecule has 4 rings (SSSR count). The molecule has 2 aliphatic carbocycles. The first-order valence-corrected chi connectivity index (χ1v) is 10.4. The van der Waals surface area contributed by atoms with E-state index in [1.807, 2.05) is 12.1 Å². The molecule has 1 fully saturated rings. The summed E-state index contributed by atoms with van der Waals surface area (Å²) in [5.74, 6) is 0.618. The average molecular weight is 385 g/mol. The van der Waals surface area contributed by atoms with Crippen molar-refractivity contribution in [1.82, 2.24) is 0 Å². The predicted molar refractivity (Wildman–Crippen MR) is 108 cm³/mol. The molecule has 1 aromatic carbocycles. The van der Waals surface area contributed by atoms with E-state index in [9.17, 15) is 9.59 Å². The number of rotatable bonds is 6. The zero-order valence-corrected chi connectivity index (χ0v) is 16.3. The third-order valence-electron chi connectivity index (χ3n) is 5.11. The summed E-state index contributed by atoms with van der Waals surface area (Å²) in [6.45, 7) is 2.03. The van der Waals surface area contributed by atoms with Crippen LogP contribution in [0.4, 0.5) is 10.7 Å². The number of carbonyl (C=O) groups is 2. The highest BCUT2D eigenvalue weighted by Gasteiger charge is 2.29. The summed E-state index contributed by atoms with van der Waals surface area (Å²) in [4.78, 5) is 25.6. The normalized spacial score (nSPS) is 15.7. The second-order valence-corrected chi connectivity index (χ2v) is 8.40. The fourth-order valence-electron chi connectivity index (χ4n) is 3.41. The maximum absolute atomic E-state index is 12.3. The molecule has 2 aliphatic rings. The summed E-state index contributed by atoms with van der Waals surface area (Å²) in [6.07, 6.45) is 6.63. The number of thiophene rings is 1. The van der Waals surface area contributed by atoms with Gasteiger partial charge in [-0.1, -0.05) is 6.07 Å². The van der Waals surface area contributed by atoms with Gasteiger partial charge in [0.15, 0.2) is 6.61 Å². The van der Waals surface area contributed by atoms with Crippen LogP contribution in [0.5, 0.6) is 5.75 Å². The third-order valence-corrected chi connectivity index (χ3v) is 6.42. The summed E-state index contributed by atoms with van der Waals surface area (Å²) < 4.78 is 5.62. The Morgan fingerprint density at radius 2 is 2.00 bits per heavy atom. The van der Waals surface area contributed by atoms with E-state index in [0.29, 0.717) is 11.4 Å². The van der Waals surface area contributed by atoms with Crippen LogP contribution in [0.2, 0.25) is 0 Å². The lowest BCUT2D eigenvalue weighted by atomic mass is 9.96. The van der Waals surface area contributed by atoms with Crippen molar-refractivity contribution in [3.05, 3.63) is 40.3 Å². The van der Waals surface area contributed by atoms with Crippen molar-refractivity contribution in [1.29, 1.82) is 0 Å². The predicted octanol–water partition coefficient (Wildman–Crippen LogP) is 4.30. The summed E-state index contributed by atoms with van der Waals surface area (Å²) in [5, 5.41) is 6.83. The van der Waals surface area contributed by atoms with E-state index in [2.05, 4.69) is 17.6 Å². The highest BCUT2D eigenvalue weighted by Crippen LogP contribution is 2.37. The number of carbonyl (C=O) groups excluding carboxylic acids is 2. The molecule has 2 amide bonds. The Morgan fingerprint density at radius 3 is 2.78 bits per heavy atom. The van der Waals surface area contributed by atoms with E-state index < -0.39 is 0 Å². The quantitative estimate of drug-likeness (QED) is 0.780. The number of nitrogens with one attached hydrogen (secondary N) is 2. The van der Waals surface area contributed by atoms with Gasteiger partial charge in [-0.3, -0.25) is 9.59 Å². The van der Waals surface area contributed by atoms with Crippen LogP contribution >= 0.6 is 11.3 Å². The van der Waals surface area contributed by atoms with Crippen molar-refractivity contribution in [2.24, 2.45) is 5.92 Å². The van der Waals surface area contributed by atoms with E-state index >= 15 is 0 Å². The van der Waals surface area contributed by atoms with E-state index in [1.165, 1.54) is 28.8 Å². The van der Waals surface area contributed by atoms with Gasteiger partial charge in [0.25, 0.3) is 5.91 Å². The first-order valence-electron chi connectivity index (χ1n) is 9.55. The summed E-state index contributed by atoms with van der Waals surface area (Å²) in [5.41, 5.74) is 3.32. The summed E-state index contributed by atoms with van der Waals surface area (Å²) >= 11 is 1.69. The van der Waals surface area contributed by atoms with Crippen LogP contribution in [0, 0.1) is 12.8 Å². The van der Waals surface area contributed by atoms with Crippen molar-refractivity contribution in [3.8, 4) is 5.75 Å². The van der Waals surface area contributed by atoms with Gasteiger partial charge in [-0.2, -0.15) is 0 Å². The number of ether oxygens (including phenoxy) is 1. The minimum absolute atomic E-state index is 0.0535. The largest absolute Gasteiger partial charge is 0.484 e. The Hall–Kier alpha value is -2.34. The molecule has 0 saturated heterocycles. The van der Waals surface area contributed by atoms with Gasteiger partial charge in [-0.15, -0.1) is 11.3 Å². The maximum Gasteiger partial charge on any atom is 0.262 e. The molecule has 142 valence electrons. The first kappa shape index (κ1) is 18.0. The van der Waals surface area contributed by atoms with Crippen molar-refractivity contribution < 1.29 is 14.3 Å². The molecule has 1 aromatic heterocycles. The molecule has 0 spiro atoms. The number of benzene rings is 1. The highest BCUT2D eigenvalue weighted by molar-refractivity contribution is 7.16. The molecular weight excluding hydrogens is 360 g/mol. The Kier molecular flexibility index (Phi) is 5.16. The molecule has 0 aliphatic heterocycles. The van der Waals surface area contributed by atoms with Gasteiger partial charge >= 0.3 is 0 Å². The van der Waals surface area contributed by atoms with E-state index in [1.54, 1.807) is 23.5 Å². The highest BCUT2D eigenvalue weighted by atomic mass is 32.1. The fraction of sp³-hybridized carbons (Fsp3) is 0.429.